The first kappa shape index (κ1) is 11.3. The van der Waals surface area contributed by atoms with E-state index >= 15 is 0 Å². The fraction of sp³-hybridized carbons (Fsp3) is 1.00. The Morgan fingerprint density at radius 2 is 1.73 bits per heavy atom. The second-order valence-corrected chi connectivity index (χ2v) is 4.15. The van der Waals surface area contributed by atoms with Crippen molar-refractivity contribution in [2.75, 3.05) is 0 Å². The molecular formula is C10H21Cl. The molecule has 0 spiro atoms. The maximum absolute atomic E-state index is 6.14. The average molecular weight is 177 g/mol. The van der Waals surface area contributed by atoms with Crippen LogP contribution in [0.15, 0.2) is 0 Å². The number of hydrogen-bond donors (Lipinski definition) is 0. The first-order valence-electron chi connectivity index (χ1n) is 4.79. The van der Waals surface area contributed by atoms with Gasteiger partial charge in [-0.3, -0.25) is 0 Å². The Labute approximate surface area is 76.3 Å². The molecule has 0 heterocycles. The van der Waals surface area contributed by atoms with Crippen molar-refractivity contribution in [3.63, 3.8) is 0 Å². The molecule has 0 bridgehead atoms. The molecule has 0 N–H and O–H groups in total. The zero-order chi connectivity index (χ0) is 9.07. The molecular weight excluding hydrogens is 156 g/mol. The number of hydrogen-bond acceptors (Lipinski definition) is 0. The minimum atomic E-state index is 0.149. The van der Waals surface area contributed by atoms with Crippen molar-refractivity contribution in [1.82, 2.24) is 0 Å². The molecule has 3 atom stereocenters. The first-order valence-corrected chi connectivity index (χ1v) is 5.17. The van der Waals surface area contributed by atoms with Gasteiger partial charge in [-0.15, -0.1) is 11.6 Å². The molecule has 0 aliphatic heterocycles. The molecule has 1 heteroatoms. The van der Waals surface area contributed by atoms with E-state index in [-0.39, 0.29) is 4.87 Å². The van der Waals surface area contributed by atoms with E-state index in [0.29, 0.717) is 0 Å². The Kier molecular flexibility index (Phi) is 4.46. The van der Waals surface area contributed by atoms with E-state index in [1.165, 1.54) is 12.8 Å². The van der Waals surface area contributed by atoms with E-state index in [1.54, 1.807) is 0 Å². The molecule has 1 fully saturated rings. The van der Waals surface area contributed by atoms with E-state index in [0.717, 1.165) is 11.8 Å². The Bertz CT molecular complexity index is 107. The average Bonchev–Trinajstić information content (AvgIpc) is 2.44. The number of halogens is 1. The summed E-state index contributed by atoms with van der Waals surface area (Å²) in [4.78, 5) is 0.149. The minimum Gasteiger partial charge on any atom is -0.119 e. The van der Waals surface area contributed by atoms with Crippen LogP contribution in [0.3, 0.4) is 0 Å². The van der Waals surface area contributed by atoms with Crippen LogP contribution in [0.25, 0.3) is 0 Å². The second-order valence-electron chi connectivity index (χ2n) is 3.34. The van der Waals surface area contributed by atoms with E-state index in [1.807, 2.05) is 13.8 Å². The van der Waals surface area contributed by atoms with E-state index in [2.05, 4.69) is 20.8 Å². The van der Waals surface area contributed by atoms with Gasteiger partial charge in [-0.05, 0) is 25.2 Å². The predicted octanol–water partition coefficient (Wildman–Crippen LogP) is 4.08. The summed E-state index contributed by atoms with van der Waals surface area (Å²) in [7, 11) is 0. The third-order valence-electron chi connectivity index (χ3n) is 2.71. The van der Waals surface area contributed by atoms with Crippen LogP contribution in [0.1, 0.15) is 47.5 Å². The molecule has 0 radical (unpaired) electrons. The molecule has 0 saturated heterocycles. The van der Waals surface area contributed by atoms with Crippen LogP contribution >= 0.6 is 11.6 Å². The highest BCUT2D eigenvalue weighted by Gasteiger charge is 2.55. The Morgan fingerprint density at radius 3 is 1.82 bits per heavy atom. The fourth-order valence-corrected chi connectivity index (χ4v) is 2.02. The van der Waals surface area contributed by atoms with Crippen LogP contribution in [0.2, 0.25) is 0 Å². The summed E-state index contributed by atoms with van der Waals surface area (Å²) in [5.74, 6) is 1.54. The minimum absolute atomic E-state index is 0.149. The lowest BCUT2D eigenvalue weighted by molar-refractivity contribution is 0.648. The van der Waals surface area contributed by atoms with Gasteiger partial charge >= 0.3 is 0 Å². The molecule has 0 aromatic carbocycles. The summed E-state index contributed by atoms with van der Waals surface area (Å²) in [6.45, 7) is 10.6. The lowest BCUT2D eigenvalue weighted by Gasteiger charge is -1.95. The Morgan fingerprint density at radius 1 is 1.36 bits per heavy atom. The van der Waals surface area contributed by atoms with Gasteiger partial charge < -0.3 is 0 Å². The zero-order valence-electron chi connectivity index (χ0n) is 8.45. The molecule has 1 aliphatic rings. The van der Waals surface area contributed by atoms with Gasteiger partial charge in [0.1, 0.15) is 0 Å². The van der Waals surface area contributed by atoms with Crippen molar-refractivity contribution >= 4 is 11.6 Å². The van der Waals surface area contributed by atoms with Gasteiger partial charge in [0, 0.05) is 4.87 Å². The number of rotatable bonds is 2. The van der Waals surface area contributed by atoms with E-state index < -0.39 is 0 Å². The van der Waals surface area contributed by atoms with Crippen LogP contribution in [0.4, 0.5) is 0 Å². The lowest BCUT2D eigenvalue weighted by atomic mass is 10.2. The summed E-state index contributed by atoms with van der Waals surface area (Å²) >= 11 is 6.14. The number of alkyl halides is 1. The second kappa shape index (κ2) is 4.35. The topological polar surface area (TPSA) is 0 Å². The molecule has 3 unspecified atom stereocenters. The van der Waals surface area contributed by atoms with E-state index in [9.17, 15) is 0 Å². The molecule has 0 nitrogen and oxygen atoms in total. The maximum Gasteiger partial charge on any atom is 0.0478 e. The molecule has 68 valence electrons. The molecule has 0 aromatic rings. The van der Waals surface area contributed by atoms with Gasteiger partial charge in [0.15, 0.2) is 0 Å². The maximum atomic E-state index is 6.14. The van der Waals surface area contributed by atoms with Gasteiger partial charge in [-0.2, -0.15) is 0 Å². The van der Waals surface area contributed by atoms with Crippen LogP contribution in [-0.4, -0.2) is 4.87 Å². The highest BCUT2D eigenvalue weighted by Crippen LogP contribution is 2.57. The summed E-state index contributed by atoms with van der Waals surface area (Å²) in [5, 5.41) is 0. The third-order valence-corrected chi connectivity index (χ3v) is 3.33. The van der Waals surface area contributed by atoms with Crippen LogP contribution < -0.4 is 0 Å². The highest BCUT2D eigenvalue weighted by molar-refractivity contribution is 6.26. The van der Waals surface area contributed by atoms with Crippen molar-refractivity contribution in [1.29, 1.82) is 0 Å². The van der Waals surface area contributed by atoms with Crippen molar-refractivity contribution in [2.45, 2.75) is 52.3 Å². The summed E-state index contributed by atoms with van der Waals surface area (Å²) in [5.41, 5.74) is 0. The molecule has 0 amide bonds. The zero-order valence-corrected chi connectivity index (χ0v) is 9.20. The van der Waals surface area contributed by atoms with Crippen molar-refractivity contribution < 1.29 is 0 Å². The van der Waals surface area contributed by atoms with Crippen LogP contribution in [0.5, 0.6) is 0 Å². The quantitative estimate of drug-likeness (QED) is 0.557. The lowest BCUT2D eigenvalue weighted by Crippen LogP contribution is -1.93. The van der Waals surface area contributed by atoms with Gasteiger partial charge in [-0.1, -0.05) is 34.1 Å². The monoisotopic (exact) mass is 176 g/mol. The van der Waals surface area contributed by atoms with Gasteiger partial charge in [0.25, 0.3) is 0 Å². The van der Waals surface area contributed by atoms with Crippen LogP contribution in [-0.2, 0) is 0 Å². The highest BCUT2D eigenvalue weighted by atomic mass is 35.5. The Balaban J connectivity index is 0.000000461. The van der Waals surface area contributed by atoms with Gasteiger partial charge in [0.2, 0.25) is 0 Å². The largest absolute Gasteiger partial charge is 0.119 e. The van der Waals surface area contributed by atoms with Crippen molar-refractivity contribution in [2.24, 2.45) is 11.8 Å². The van der Waals surface area contributed by atoms with Crippen molar-refractivity contribution in [3.8, 4) is 0 Å². The standard InChI is InChI=1S/C8H15Cl.C2H6/c1-4-5-7-6(2)8(7,3)9;1-2/h6-7H,4-5H2,1-3H3;1-2H3. The normalized spacial score (nSPS) is 40.9. The SMILES string of the molecule is CC.CCCC1C(C)C1(C)Cl. The van der Waals surface area contributed by atoms with Gasteiger partial charge in [-0.25, -0.2) is 0 Å². The van der Waals surface area contributed by atoms with E-state index in [4.69, 9.17) is 11.6 Å². The summed E-state index contributed by atoms with van der Waals surface area (Å²) in [6.07, 6.45) is 2.58. The third kappa shape index (κ3) is 2.37. The molecule has 0 aromatic heterocycles. The summed E-state index contributed by atoms with van der Waals surface area (Å²) in [6, 6.07) is 0. The first-order chi connectivity index (χ1) is 5.10. The molecule has 1 rings (SSSR count). The molecule has 11 heavy (non-hydrogen) atoms. The Hall–Kier alpha value is 0.290. The van der Waals surface area contributed by atoms with Crippen molar-refractivity contribution in [3.05, 3.63) is 0 Å². The van der Waals surface area contributed by atoms with Gasteiger partial charge in [0.05, 0.1) is 0 Å². The molecule has 1 saturated carbocycles. The summed E-state index contributed by atoms with van der Waals surface area (Å²) < 4.78 is 0. The van der Waals surface area contributed by atoms with Crippen LogP contribution in [0, 0.1) is 11.8 Å². The fourth-order valence-electron chi connectivity index (χ4n) is 1.63. The smallest absolute Gasteiger partial charge is 0.0478 e. The predicted molar refractivity (Wildman–Crippen MR) is 53.2 cm³/mol. The molecule has 1 aliphatic carbocycles.